The smallest absolute Gasteiger partial charge is 0.162 e. The molecule has 1 atom stereocenters. The Labute approximate surface area is 94.5 Å². The molecule has 0 aromatic carbocycles. The van der Waals surface area contributed by atoms with Gasteiger partial charge in [0.2, 0.25) is 0 Å². The van der Waals surface area contributed by atoms with Crippen LogP contribution in [0.15, 0.2) is 24.3 Å². The van der Waals surface area contributed by atoms with Gasteiger partial charge in [0.15, 0.2) is 5.82 Å². The van der Waals surface area contributed by atoms with Gasteiger partial charge in [-0.25, -0.2) is 5.84 Å². The van der Waals surface area contributed by atoms with Gasteiger partial charge in [-0.05, 0) is 25.5 Å². The van der Waals surface area contributed by atoms with Gasteiger partial charge in [0.05, 0.1) is 6.10 Å². The van der Waals surface area contributed by atoms with E-state index in [-0.39, 0.29) is 6.10 Å². The molecule has 0 bridgehead atoms. The van der Waals surface area contributed by atoms with Crippen LogP contribution >= 0.6 is 0 Å². The van der Waals surface area contributed by atoms with E-state index in [1.54, 1.807) is 19.1 Å². The quantitative estimate of drug-likeness (QED) is 0.318. The Bertz CT molecular complexity index is 322. The van der Waals surface area contributed by atoms with Crippen LogP contribution in [0.25, 0.3) is 0 Å². The molecule has 16 heavy (non-hydrogen) atoms. The molecule has 6 nitrogen and oxygen atoms in total. The molecule has 6 heteroatoms. The van der Waals surface area contributed by atoms with Crippen LogP contribution in [0.3, 0.4) is 0 Å². The minimum Gasteiger partial charge on any atom is -0.393 e. The summed E-state index contributed by atoms with van der Waals surface area (Å²) < 4.78 is 0. The van der Waals surface area contributed by atoms with Crippen LogP contribution in [-0.4, -0.2) is 28.0 Å². The van der Waals surface area contributed by atoms with Crippen molar-refractivity contribution in [2.45, 2.75) is 19.4 Å². The first-order valence-corrected chi connectivity index (χ1v) is 5.09. The first-order chi connectivity index (χ1) is 7.72. The topological polar surface area (TPSA) is 96.1 Å². The van der Waals surface area contributed by atoms with Gasteiger partial charge in [0, 0.05) is 6.54 Å². The van der Waals surface area contributed by atoms with Crippen molar-refractivity contribution in [1.29, 1.82) is 0 Å². The molecule has 0 amide bonds. The summed E-state index contributed by atoms with van der Waals surface area (Å²) in [6.07, 6.45) is 4.21. The number of aliphatic hydroxyl groups is 1. The molecule has 0 aliphatic carbocycles. The molecule has 1 unspecified atom stereocenters. The van der Waals surface area contributed by atoms with Gasteiger partial charge < -0.3 is 15.8 Å². The van der Waals surface area contributed by atoms with Crippen molar-refractivity contribution in [3.8, 4) is 0 Å². The molecular formula is C10H17N5O. The first kappa shape index (κ1) is 12.4. The summed E-state index contributed by atoms with van der Waals surface area (Å²) in [5, 5.41) is 19.8. The maximum atomic E-state index is 9.01. The van der Waals surface area contributed by atoms with Crippen LogP contribution in [-0.2, 0) is 0 Å². The number of nitrogens with one attached hydrogen (secondary N) is 2. The molecule has 88 valence electrons. The van der Waals surface area contributed by atoms with Gasteiger partial charge in [0.25, 0.3) is 0 Å². The Hall–Kier alpha value is -1.66. The molecular weight excluding hydrogens is 206 g/mol. The Morgan fingerprint density at radius 2 is 2.06 bits per heavy atom. The maximum Gasteiger partial charge on any atom is 0.162 e. The van der Waals surface area contributed by atoms with Crippen molar-refractivity contribution in [1.82, 2.24) is 10.2 Å². The number of hydrogen-bond acceptors (Lipinski definition) is 6. The number of hydrogen-bond donors (Lipinski definition) is 4. The monoisotopic (exact) mass is 223 g/mol. The van der Waals surface area contributed by atoms with E-state index in [1.165, 1.54) is 0 Å². The summed E-state index contributed by atoms with van der Waals surface area (Å²) in [5.74, 6) is 6.36. The highest BCUT2D eigenvalue weighted by Crippen LogP contribution is 2.03. The Balaban J connectivity index is 2.29. The average Bonchev–Trinajstić information content (AvgIpc) is 2.29. The molecule has 5 N–H and O–H groups in total. The van der Waals surface area contributed by atoms with Crippen molar-refractivity contribution in [3.63, 3.8) is 0 Å². The predicted molar refractivity (Wildman–Crippen MR) is 63.8 cm³/mol. The molecule has 0 spiro atoms. The summed E-state index contributed by atoms with van der Waals surface area (Å²) in [4.78, 5) is 0. The second kappa shape index (κ2) is 6.76. The van der Waals surface area contributed by atoms with E-state index in [4.69, 9.17) is 10.9 Å². The number of hydrazine groups is 1. The van der Waals surface area contributed by atoms with Crippen LogP contribution in [0.5, 0.6) is 0 Å². The third-order valence-corrected chi connectivity index (χ3v) is 1.86. The third kappa shape index (κ3) is 4.72. The summed E-state index contributed by atoms with van der Waals surface area (Å²) in [6.45, 7) is 2.40. The standard InChI is InChI=1S/C10H17N5O/c1-8(16)4-2-3-7-12-9-5-6-10(13-11)15-14-9/h2-3,5-6,8,16H,4,7,11H2,1H3,(H,12,14)(H,13,15). The van der Waals surface area contributed by atoms with Crippen LogP contribution in [0.1, 0.15) is 13.3 Å². The second-order valence-electron chi connectivity index (χ2n) is 3.39. The zero-order valence-corrected chi connectivity index (χ0v) is 9.22. The Kier molecular flexibility index (Phi) is 5.24. The lowest BCUT2D eigenvalue weighted by Gasteiger charge is -2.02. The van der Waals surface area contributed by atoms with Crippen LogP contribution in [0, 0.1) is 0 Å². The lowest BCUT2D eigenvalue weighted by molar-refractivity contribution is 0.198. The zero-order valence-electron chi connectivity index (χ0n) is 9.22. The van der Waals surface area contributed by atoms with E-state index < -0.39 is 0 Å². The van der Waals surface area contributed by atoms with E-state index in [0.29, 0.717) is 24.6 Å². The van der Waals surface area contributed by atoms with Crippen molar-refractivity contribution in [2.75, 3.05) is 17.3 Å². The molecule has 0 radical (unpaired) electrons. The first-order valence-electron chi connectivity index (χ1n) is 5.09. The van der Waals surface area contributed by atoms with E-state index in [9.17, 15) is 0 Å². The number of aliphatic hydroxyl groups excluding tert-OH is 1. The zero-order chi connectivity index (χ0) is 11.8. The van der Waals surface area contributed by atoms with E-state index >= 15 is 0 Å². The summed E-state index contributed by atoms with van der Waals surface area (Å²) >= 11 is 0. The van der Waals surface area contributed by atoms with Crippen LogP contribution < -0.4 is 16.6 Å². The van der Waals surface area contributed by atoms with Crippen molar-refractivity contribution in [3.05, 3.63) is 24.3 Å². The fourth-order valence-corrected chi connectivity index (χ4v) is 1.04. The number of nitrogens with zero attached hydrogens (tertiary/aromatic N) is 2. The van der Waals surface area contributed by atoms with Crippen LogP contribution in [0.4, 0.5) is 11.6 Å². The highest BCUT2D eigenvalue weighted by atomic mass is 16.3. The van der Waals surface area contributed by atoms with E-state index in [0.717, 1.165) is 0 Å². The second-order valence-corrected chi connectivity index (χ2v) is 3.39. The molecule has 1 aromatic rings. The van der Waals surface area contributed by atoms with E-state index in [2.05, 4.69) is 20.9 Å². The lowest BCUT2D eigenvalue weighted by atomic mass is 10.3. The average molecular weight is 223 g/mol. The van der Waals surface area contributed by atoms with Crippen molar-refractivity contribution >= 4 is 11.6 Å². The fraction of sp³-hybridized carbons (Fsp3) is 0.400. The van der Waals surface area contributed by atoms with Crippen molar-refractivity contribution in [2.24, 2.45) is 5.84 Å². The SMILES string of the molecule is CC(O)CC=CCNc1ccc(NN)nn1. The van der Waals surface area contributed by atoms with Gasteiger partial charge in [0.1, 0.15) is 5.82 Å². The predicted octanol–water partition coefficient (Wildman–Crippen LogP) is 0.501. The highest BCUT2D eigenvalue weighted by molar-refractivity contribution is 5.40. The number of nitrogens with two attached hydrogens (primary N) is 1. The molecule has 0 saturated carbocycles. The Morgan fingerprint density at radius 1 is 1.38 bits per heavy atom. The molecule has 1 rings (SSSR count). The van der Waals surface area contributed by atoms with Gasteiger partial charge in [-0.15, -0.1) is 10.2 Å². The lowest BCUT2D eigenvalue weighted by Crippen LogP contribution is -2.10. The number of aromatic nitrogens is 2. The molecule has 1 aromatic heterocycles. The fourth-order valence-electron chi connectivity index (χ4n) is 1.04. The third-order valence-electron chi connectivity index (χ3n) is 1.86. The minimum absolute atomic E-state index is 0.300. The molecule has 1 heterocycles. The molecule has 0 aliphatic rings. The summed E-state index contributed by atoms with van der Waals surface area (Å²) in [7, 11) is 0. The van der Waals surface area contributed by atoms with Crippen LogP contribution in [0.2, 0.25) is 0 Å². The minimum atomic E-state index is -0.300. The largest absolute Gasteiger partial charge is 0.393 e. The molecule has 0 saturated heterocycles. The molecule has 0 fully saturated rings. The Morgan fingerprint density at radius 3 is 2.62 bits per heavy atom. The van der Waals surface area contributed by atoms with Gasteiger partial charge in [-0.1, -0.05) is 12.2 Å². The number of anilines is 2. The van der Waals surface area contributed by atoms with Gasteiger partial charge in [-0.2, -0.15) is 0 Å². The van der Waals surface area contributed by atoms with Gasteiger partial charge >= 0.3 is 0 Å². The maximum absolute atomic E-state index is 9.01. The summed E-state index contributed by atoms with van der Waals surface area (Å²) in [6, 6.07) is 3.51. The number of rotatable bonds is 6. The van der Waals surface area contributed by atoms with E-state index in [1.807, 2.05) is 12.2 Å². The normalized spacial score (nSPS) is 12.7. The highest BCUT2D eigenvalue weighted by Gasteiger charge is 1.93. The molecule has 0 aliphatic heterocycles. The summed E-state index contributed by atoms with van der Waals surface area (Å²) in [5.41, 5.74) is 2.40. The van der Waals surface area contributed by atoms with Crippen molar-refractivity contribution < 1.29 is 5.11 Å². The van der Waals surface area contributed by atoms with Gasteiger partial charge in [-0.3, -0.25) is 0 Å². The number of nitrogen functional groups attached to an aromatic ring is 1.